The molecule has 0 bridgehead atoms. The van der Waals surface area contributed by atoms with E-state index in [1.54, 1.807) is 19.0 Å². The Hall–Kier alpha value is -2.74. The molecule has 2 amide bonds. The van der Waals surface area contributed by atoms with Crippen molar-refractivity contribution in [3.63, 3.8) is 0 Å². The zero-order valence-electron chi connectivity index (χ0n) is 15.0. The van der Waals surface area contributed by atoms with Crippen LogP contribution in [0.15, 0.2) is 48.5 Å². The van der Waals surface area contributed by atoms with Crippen molar-refractivity contribution in [1.29, 1.82) is 0 Å². The summed E-state index contributed by atoms with van der Waals surface area (Å²) >= 11 is 0. The monoisotopic (exact) mass is 381 g/mol. The van der Waals surface area contributed by atoms with Gasteiger partial charge in [0.05, 0.1) is 29.6 Å². The quantitative estimate of drug-likeness (QED) is 0.718. The maximum Gasteiger partial charge on any atom is 0.416 e. The summed E-state index contributed by atoms with van der Waals surface area (Å²) in [5, 5.41) is 14.5. The Morgan fingerprint density at radius 3 is 2.37 bits per heavy atom. The molecule has 0 aliphatic heterocycles. The lowest BCUT2D eigenvalue weighted by Gasteiger charge is -2.21. The van der Waals surface area contributed by atoms with Gasteiger partial charge in [0.15, 0.2) is 0 Å². The number of benzene rings is 2. The third-order valence-electron chi connectivity index (χ3n) is 3.93. The van der Waals surface area contributed by atoms with Crippen molar-refractivity contribution in [3.8, 4) is 0 Å². The van der Waals surface area contributed by atoms with Gasteiger partial charge in [0.2, 0.25) is 0 Å². The van der Waals surface area contributed by atoms with E-state index in [2.05, 4.69) is 10.6 Å². The molecule has 27 heavy (non-hydrogen) atoms. The molecule has 3 N–H and O–H groups in total. The second-order valence-corrected chi connectivity index (χ2v) is 6.29. The summed E-state index contributed by atoms with van der Waals surface area (Å²) in [6.45, 7) is -0.300. The highest BCUT2D eigenvalue weighted by molar-refractivity contribution is 5.93. The van der Waals surface area contributed by atoms with Gasteiger partial charge in [-0.1, -0.05) is 30.3 Å². The smallest absolute Gasteiger partial charge is 0.394 e. The van der Waals surface area contributed by atoms with E-state index in [1.165, 1.54) is 6.07 Å². The Balaban J connectivity index is 2.13. The molecule has 0 aliphatic rings. The number of aliphatic hydroxyl groups is 1. The number of alkyl halides is 3. The number of urea groups is 1. The van der Waals surface area contributed by atoms with E-state index >= 15 is 0 Å². The zero-order valence-corrected chi connectivity index (χ0v) is 15.0. The van der Waals surface area contributed by atoms with Crippen molar-refractivity contribution >= 4 is 17.4 Å². The largest absolute Gasteiger partial charge is 0.416 e. The average molecular weight is 381 g/mol. The second-order valence-electron chi connectivity index (χ2n) is 6.29. The number of nitrogens with one attached hydrogen (secondary N) is 2. The molecule has 2 aromatic rings. The summed E-state index contributed by atoms with van der Waals surface area (Å²) in [5.41, 5.74) is 0.529. The summed E-state index contributed by atoms with van der Waals surface area (Å²) in [7, 11) is 3.33. The van der Waals surface area contributed by atoms with Crippen molar-refractivity contribution in [2.45, 2.75) is 18.6 Å². The van der Waals surface area contributed by atoms with Crippen LogP contribution in [0.2, 0.25) is 0 Å². The van der Waals surface area contributed by atoms with Crippen LogP contribution in [-0.4, -0.2) is 37.9 Å². The van der Waals surface area contributed by atoms with Gasteiger partial charge in [0, 0.05) is 14.1 Å². The van der Waals surface area contributed by atoms with Crippen LogP contribution < -0.4 is 15.5 Å². The number of rotatable bonds is 6. The van der Waals surface area contributed by atoms with Gasteiger partial charge < -0.3 is 20.6 Å². The molecule has 8 heteroatoms. The van der Waals surface area contributed by atoms with Crippen LogP contribution in [0.3, 0.4) is 0 Å². The lowest BCUT2D eigenvalue weighted by Crippen LogP contribution is -2.41. The molecule has 0 heterocycles. The number of nitrogens with zero attached hydrogens (tertiary/aromatic N) is 1. The third-order valence-corrected chi connectivity index (χ3v) is 3.93. The third kappa shape index (κ3) is 5.89. The van der Waals surface area contributed by atoms with Gasteiger partial charge in [-0.15, -0.1) is 0 Å². The lowest BCUT2D eigenvalue weighted by molar-refractivity contribution is -0.137. The van der Waals surface area contributed by atoms with Crippen LogP contribution in [0.5, 0.6) is 0 Å². The van der Waals surface area contributed by atoms with Crippen molar-refractivity contribution in [2.24, 2.45) is 0 Å². The summed E-state index contributed by atoms with van der Waals surface area (Å²) in [5.74, 6) is 0. The van der Waals surface area contributed by atoms with E-state index < -0.39 is 23.8 Å². The van der Waals surface area contributed by atoms with Gasteiger partial charge in [-0.05, 0) is 30.2 Å². The highest BCUT2D eigenvalue weighted by Crippen LogP contribution is 2.34. The molecule has 0 saturated heterocycles. The molecule has 0 aromatic heterocycles. The standard InChI is InChI=1S/C19H22F3N3O2/c1-25(2)17-9-8-14(19(20,21)22)11-16(17)24-18(27)23-15(12-26)10-13-6-4-3-5-7-13/h3-9,11,15,26H,10,12H2,1-2H3,(H2,23,24,27). The average Bonchev–Trinajstić information content (AvgIpc) is 2.61. The van der Waals surface area contributed by atoms with E-state index in [9.17, 15) is 23.1 Å². The molecular weight excluding hydrogens is 359 g/mol. The van der Waals surface area contributed by atoms with Crippen LogP contribution in [0.25, 0.3) is 0 Å². The Kier molecular flexibility index (Phi) is 6.68. The minimum Gasteiger partial charge on any atom is -0.394 e. The van der Waals surface area contributed by atoms with E-state index in [1.807, 2.05) is 30.3 Å². The number of hydrogen-bond donors (Lipinski definition) is 3. The number of amides is 2. The predicted octanol–water partition coefficient (Wildman–Crippen LogP) is 3.50. The SMILES string of the molecule is CN(C)c1ccc(C(F)(F)F)cc1NC(=O)NC(CO)Cc1ccccc1. The van der Waals surface area contributed by atoms with Crippen molar-refractivity contribution in [2.75, 3.05) is 30.9 Å². The molecule has 146 valence electrons. The maximum absolute atomic E-state index is 13.0. The molecular formula is C19H22F3N3O2. The number of hydrogen-bond acceptors (Lipinski definition) is 3. The van der Waals surface area contributed by atoms with Gasteiger partial charge >= 0.3 is 12.2 Å². The fraction of sp³-hybridized carbons (Fsp3) is 0.316. The van der Waals surface area contributed by atoms with Crippen LogP contribution in [0, 0.1) is 0 Å². The minimum absolute atomic E-state index is 0.0312. The van der Waals surface area contributed by atoms with Crippen molar-refractivity contribution < 1.29 is 23.1 Å². The molecule has 0 saturated carbocycles. The summed E-state index contributed by atoms with van der Waals surface area (Å²) < 4.78 is 38.9. The number of anilines is 2. The fourth-order valence-corrected chi connectivity index (χ4v) is 2.61. The van der Waals surface area contributed by atoms with E-state index in [0.29, 0.717) is 12.1 Å². The Bertz CT molecular complexity index is 765. The number of carbonyl (C=O) groups is 1. The molecule has 2 rings (SSSR count). The molecule has 1 unspecified atom stereocenters. The van der Waals surface area contributed by atoms with Gasteiger partial charge in [-0.25, -0.2) is 4.79 Å². The topological polar surface area (TPSA) is 64.6 Å². The first-order chi connectivity index (χ1) is 12.7. The Morgan fingerprint density at radius 2 is 1.81 bits per heavy atom. The second kappa shape index (κ2) is 8.77. The first-order valence-electron chi connectivity index (χ1n) is 8.31. The maximum atomic E-state index is 13.0. The fourth-order valence-electron chi connectivity index (χ4n) is 2.61. The summed E-state index contributed by atoms with van der Waals surface area (Å²) in [6, 6.07) is 11.2. The van der Waals surface area contributed by atoms with Crippen molar-refractivity contribution in [3.05, 3.63) is 59.7 Å². The summed E-state index contributed by atoms with van der Waals surface area (Å²) in [6.07, 6.45) is -4.12. The number of carbonyl (C=O) groups excluding carboxylic acids is 1. The summed E-state index contributed by atoms with van der Waals surface area (Å²) in [4.78, 5) is 13.9. The van der Waals surface area contributed by atoms with E-state index in [0.717, 1.165) is 17.7 Å². The molecule has 2 aromatic carbocycles. The molecule has 0 radical (unpaired) electrons. The highest BCUT2D eigenvalue weighted by Gasteiger charge is 2.31. The predicted molar refractivity (Wildman–Crippen MR) is 98.9 cm³/mol. The van der Waals surface area contributed by atoms with Crippen molar-refractivity contribution in [1.82, 2.24) is 5.32 Å². The van der Waals surface area contributed by atoms with Crippen LogP contribution >= 0.6 is 0 Å². The van der Waals surface area contributed by atoms with Gasteiger partial charge in [0.25, 0.3) is 0 Å². The number of aliphatic hydroxyl groups excluding tert-OH is 1. The molecule has 0 fully saturated rings. The molecule has 0 spiro atoms. The van der Waals surface area contributed by atoms with Crippen LogP contribution in [0.1, 0.15) is 11.1 Å². The van der Waals surface area contributed by atoms with Gasteiger partial charge in [-0.2, -0.15) is 13.2 Å². The van der Waals surface area contributed by atoms with Gasteiger partial charge in [0.1, 0.15) is 0 Å². The first kappa shape index (κ1) is 20.6. The van der Waals surface area contributed by atoms with Gasteiger partial charge in [-0.3, -0.25) is 0 Å². The minimum atomic E-state index is -4.52. The molecule has 0 aliphatic carbocycles. The number of halogens is 3. The Morgan fingerprint density at radius 1 is 1.15 bits per heavy atom. The Labute approximate surface area is 155 Å². The first-order valence-corrected chi connectivity index (χ1v) is 8.31. The normalized spacial score (nSPS) is 12.4. The van der Waals surface area contributed by atoms with Crippen LogP contribution in [0.4, 0.5) is 29.3 Å². The molecule has 1 atom stereocenters. The lowest BCUT2D eigenvalue weighted by atomic mass is 10.1. The highest BCUT2D eigenvalue weighted by atomic mass is 19.4. The van der Waals surface area contributed by atoms with E-state index in [4.69, 9.17) is 0 Å². The van der Waals surface area contributed by atoms with E-state index in [-0.39, 0.29) is 12.3 Å². The molecule has 5 nitrogen and oxygen atoms in total. The van der Waals surface area contributed by atoms with Crippen LogP contribution in [-0.2, 0) is 12.6 Å². The zero-order chi connectivity index (χ0) is 20.0.